The fourth-order valence-electron chi connectivity index (χ4n) is 5.67. The minimum atomic E-state index is -0.703. The molecule has 1 heterocycles. The highest BCUT2D eigenvalue weighted by atomic mass is 16.3. The summed E-state index contributed by atoms with van der Waals surface area (Å²) in [7, 11) is 3.87. The van der Waals surface area contributed by atoms with Crippen molar-refractivity contribution in [2.75, 3.05) is 27.2 Å². The third kappa shape index (κ3) is 12.1. The van der Waals surface area contributed by atoms with Crippen molar-refractivity contribution in [2.24, 2.45) is 5.92 Å². The van der Waals surface area contributed by atoms with Gasteiger partial charge in [0.1, 0.15) is 6.23 Å². The average Bonchev–Trinajstić information content (AvgIpc) is 3.05. The number of likely N-dealkylation sites (tertiary alicyclic amines) is 1. The molecule has 0 bridgehead atoms. The summed E-state index contributed by atoms with van der Waals surface area (Å²) in [5.41, 5.74) is 1.20. The lowest BCUT2D eigenvalue weighted by Crippen LogP contribution is -2.57. The average molecular weight is 544 g/mol. The Morgan fingerprint density at radius 2 is 2.03 bits per heavy atom. The molecule has 5 N–H and O–H groups in total. The Balaban J connectivity index is 2.01. The molecule has 0 aromatic carbocycles. The predicted molar refractivity (Wildman–Crippen MR) is 164 cm³/mol. The number of nitrogens with zero attached hydrogens (tertiary/aromatic N) is 1. The monoisotopic (exact) mass is 543 g/mol. The summed E-state index contributed by atoms with van der Waals surface area (Å²) in [6.45, 7) is 9.77. The summed E-state index contributed by atoms with van der Waals surface area (Å²) in [6.07, 6.45) is 23.4. The number of carbonyl (C=O) groups is 1. The van der Waals surface area contributed by atoms with Crippen LogP contribution in [-0.2, 0) is 4.79 Å². The number of carbonyl (C=O) groups excluding carboxylic acids is 1. The Morgan fingerprint density at radius 3 is 2.72 bits per heavy atom. The van der Waals surface area contributed by atoms with E-state index in [0.717, 1.165) is 77.3 Å². The molecule has 0 aromatic heterocycles. The molecule has 6 atom stereocenters. The van der Waals surface area contributed by atoms with Crippen LogP contribution in [0.2, 0.25) is 0 Å². The third-order valence-corrected chi connectivity index (χ3v) is 8.28. The number of unbranched alkanes of at least 4 members (excludes halogenated alkanes) is 2. The second-order valence-corrected chi connectivity index (χ2v) is 11.3. The molecule has 1 aliphatic carbocycles. The van der Waals surface area contributed by atoms with Crippen LogP contribution in [0.5, 0.6) is 0 Å². The molecular weight excluding hydrogens is 486 g/mol. The normalized spacial score (nSPS) is 25.7. The SMILES string of the molecule is C=CCC/C=C/CNC(C)NCCC1CCC(CCCC)N(C)C(O)C1NC(=O)C(CC1=CCCC=C1)NC. The summed E-state index contributed by atoms with van der Waals surface area (Å²) >= 11 is 0. The van der Waals surface area contributed by atoms with Gasteiger partial charge in [-0.2, -0.15) is 0 Å². The highest BCUT2D eigenvalue weighted by Crippen LogP contribution is 2.29. The van der Waals surface area contributed by atoms with Gasteiger partial charge in [0.15, 0.2) is 0 Å². The Morgan fingerprint density at radius 1 is 1.21 bits per heavy atom. The maximum atomic E-state index is 13.5. The molecule has 2 rings (SSSR count). The number of likely N-dealkylation sites (N-methyl/N-ethyl adjacent to an activating group) is 2. The van der Waals surface area contributed by atoms with Crippen LogP contribution in [0.15, 0.2) is 48.6 Å². The number of nitrogens with one attached hydrogen (secondary N) is 4. The first-order valence-electron chi connectivity index (χ1n) is 15.4. The predicted octanol–water partition coefficient (Wildman–Crippen LogP) is 4.38. The number of allylic oxidation sites excluding steroid dienone is 5. The number of hydrogen-bond donors (Lipinski definition) is 5. The molecule has 1 amide bonds. The minimum absolute atomic E-state index is 0.0296. The summed E-state index contributed by atoms with van der Waals surface area (Å²) < 4.78 is 0. The summed E-state index contributed by atoms with van der Waals surface area (Å²) in [6, 6.07) is -0.291. The van der Waals surface area contributed by atoms with Gasteiger partial charge in [0.05, 0.1) is 18.2 Å². The number of aliphatic hydroxyl groups excluding tert-OH is 1. The highest BCUT2D eigenvalue weighted by Gasteiger charge is 2.38. The van der Waals surface area contributed by atoms with Gasteiger partial charge in [-0.25, -0.2) is 0 Å². The molecule has 7 nitrogen and oxygen atoms in total. The number of hydrogen-bond acceptors (Lipinski definition) is 6. The lowest BCUT2D eigenvalue weighted by molar-refractivity contribution is -0.127. The molecule has 0 spiro atoms. The molecular formula is C32H57N5O2. The van der Waals surface area contributed by atoms with Crippen LogP contribution in [0.4, 0.5) is 0 Å². The van der Waals surface area contributed by atoms with Gasteiger partial charge in [-0.15, -0.1) is 6.58 Å². The molecule has 2 aliphatic rings. The van der Waals surface area contributed by atoms with Crippen molar-refractivity contribution in [3.63, 3.8) is 0 Å². The van der Waals surface area contributed by atoms with Crippen LogP contribution < -0.4 is 21.3 Å². The van der Waals surface area contributed by atoms with Crippen molar-refractivity contribution in [2.45, 2.75) is 115 Å². The molecule has 0 saturated carbocycles. The van der Waals surface area contributed by atoms with Crippen LogP contribution in [0.25, 0.3) is 0 Å². The van der Waals surface area contributed by atoms with E-state index in [0.29, 0.717) is 12.5 Å². The van der Waals surface area contributed by atoms with Crippen LogP contribution in [0.1, 0.15) is 84.5 Å². The molecule has 0 radical (unpaired) electrons. The summed E-state index contributed by atoms with van der Waals surface area (Å²) in [5.74, 6) is 0.167. The van der Waals surface area contributed by atoms with E-state index >= 15 is 0 Å². The molecule has 6 unspecified atom stereocenters. The van der Waals surface area contributed by atoms with Gasteiger partial charge in [-0.1, -0.05) is 61.8 Å². The molecule has 7 heteroatoms. The zero-order valence-corrected chi connectivity index (χ0v) is 25.1. The van der Waals surface area contributed by atoms with Gasteiger partial charge in [0.25, 0.3) is 0 Å². The van der Waals surface area contributed by atoms with Crippen molar-refractivity contribution in [1.29, 1.82) is 0 Å². The fraction of sp³-hybridized carbons (Fsp3) is 0.719. The lowest BCUT2D eigenvalue weighted by Gasteiger charge is -2.36. The first kappa shape index (κ1) is 33.4. The van der Waals surface area contributed by atoms with E-state index in [2.05, 4.69) is 77.0 Å². The standard InChI is InChI=1S/C32H57N5O2/c1-6-8-10-11-15-22-34-25(3)35-23-21-27-19-20-28(18-9-7-2)37(5)32(39)30(27)36-31(38)29(33-4)24-26-16-13-12-14-17-26/h6,11,13,15-17,25,27-30,32-35,39H,1,7-10,12,14,18-24H2,2-5H3,(H,36,38)/b15-11+. The first-order valence-corrected chi connectivity index (χ1v) is 15.4. The van der Waals surface area contributed by atoms with E-state index in [4.69, 9.17) is 0 Å². The zero-order valence-electron chi connectivity index (χ0n) is 25.1. The van der Waals surface area contributed by atoms with Gasteiger partial charge in [-0.05, 0) is 91.3 Å². The largest absolute Gasteiger partial charge is 0.376 e. The number of amides is 1. The van der Waals surface area contributed by atoms with E-state index in [9.17, 15) is 9.90 Å². The van der Waals surface area contributed by atoms with Crippen LogP contribution in [-0.4, -0.2) is 73.6 Å². The Kier molecular flexibility index (Phi) is 16.6. The summed E-state index contributed by atoms with van der Waals surface area (Å²) in [4.78, 5) is 15.6. The fourth-order valence-corrected chi connectivity index (χ4v) is 5.67. The van der Waals surface area contributed by atoms with Gasteiger partial charge in [0, 0.05) is 12.6 Å². The van der Waals surface area contributed by atoms with Gasteiger partial charge < -0.3 is 21.1 Å². The first-order chi connectivity index (χ1) is 18.9. The maximum Gasteiger partial charge on any atom is 0.237 e. The minimum Gasteiger partial charge on any atom is -0.376 e. The van der Waals surface area contributed by atoms with Crippen molar-refractivity contribution in [1.82, 2.24) is 26.2 Å². The van der Waals surface area contributed by atoms with Gasteiger partial charge in [-0.3, -0.25) is 15.0 Å². The van der Waals surface area contributed by atoms with E-state index in [1.807, 2.05) is 20.2 Å². The zero-order chi connectivity index (χ0) is 28.5. The van der Waals surface area contributed by atoms with E-state index in [-0.39, 0.29) is 30.1 Å². The number of rotatable bonds is 18. The molecule has 222 valence electrons. The van der Waals surface area contributed by atoms with Gasteiger partial charge in [0.2, 0.25) is 5.91 Å². The lowest BCUT2D eigenvalue weighted by atomic mass is 9.89. The molecule has 0 aromatic rings. The van der Waals surface area contributed by atoms with Crippen molar-refractivity contribution >= 4 is 5.91 Å². The van der Waals surface area contributed by atoms with Crippen molar-refractivity contribution < 1.29 is 9.90 Å². The Labute approximate surface area is 238 Å². The highest BCUT2D eigenvalue weighted by molar-refractivity contribution is 5.82. The topological polar surface area (TPSA) is 88.7 Å². The molecule has 1 aliphatic heterocycles. The van der Waals surface area contributed by atoms with Gasteiger partial charge >= 0.3 is 0 Å². The smallest absolute Gasteiger partial charge is 0.237 e. The second kappa shape index (κ2) is 19.3. The molecule has 1 fully saturated rings. The van der Waals surface area contributed by atoms with Crippen molar-refractivity contribution in [3.8, 4) is 0 Å². The molecule has 39 heavy (non-hydrogen) atoms. The van der Waals surface area contributed by atoms with E-state index in [1.165, 1.54) is 5.57 Å². The third-order valence-electron chi connectivity index (χ3n) is 8.28. The molecule has 1 saturated heterocycles. The van der Waals surface area contributed by atoms with Crippen LogP contribution in [0.3, 0.4) is 0 Å². The van der Waals surface area contributed by atoms with Crippen LogP contribution in [0, 0.1) is 5.92 Å². The summed E-state index contributed by atoms with van der Waals surface area (Å²) in [5, 5.41) is 25.1. The Hall–Kier alpha value is -1.77. The van der Waals surface area contributed by atoms with E-state index in [1.54, 1.807) is 0 Å². The Bertz CT molecular complexity index is 795. The van der Waals surface area contributed by atoms with Crippen molar-refractivity contribution in [3.05, 3.63) is 48.6 Å². The van der Waals surface area contributed by atoms with E-state index < -0.39 is 6.23 Å². The maximum absolute atomic E-state index is 13.5. The quantitative estimate of drug-likeness (QED) is 0.100. The number of aliphatic hydroxyl groups is 1. The second-order valence-electron chi connectivity index (χ2n) is 11.3. The van der Waals surface area contributed by atoms with Crippen LogP contribution >= 0.6 is 0 Å².